The molecule has 3 aliphatic rings. The molecule has 1 saturated heterocycles. The van der Waals surface area contributed by atoms with Crippen molar-refractivity contribution in [3.63, 3.8) is 0 Å². The smallest absolute Gasteiger partial charge is 0.265 e. The number of amides is 1. The van der Waals surface area contributed by atoms with Crippen molar-refractivity contribution in [2.24, 2.45) is 10.9 Å². The van der Waals surface area contributed by atoms with Crippen molar-refractivity contribution in [1.82, 2.24) is 10.4 Å². The van der Waals surface area contributed by atoms with Crippen LogP contribution in [0.1, 0.15) is 28.8 Å². The van der Waals surface area contributed by atoms with E-state index in [1.54, 1.807) is 17.8 Å². The first kappa shape index (κ1) is 20.3. The van der Waals surface area contributed by atoms with Gasteiger partial charge in [0, 0.05) is 34.7 Å². The number of hydrogen-bond acceptors (Lipinski definition) is 4. The summed E-state index contributed by atoms with van der Waals surface area (Å²) in [7, 11) is 6.02. The Morgan fingerprint density at radius 2 is 2.03 bits per heavy atom. The van der Waals surface area contributed by atoms with Crippen LogP contribution in [0.3, 0.4) is 0 Å². The average molecular weight is 429 g/mol. The Bertz CT molecular complexity index is 1120. The van der Waals surface area contributed by atoms with E-state index in [0.29, 0.717) is 16.7 Å². The lowest BCUT2D eigenvalue weighted by atomic mass is 9.87. The summed E-state index contributed by atoms with van der Waals surface area (Å²) in [5.41, 5.74) is 6.62. The number of hydrazine groups is 1. The summed E-state index contributed by atoms with van der Waals surface area (Å²) >= 11 is 1.57. The molecule has 5 rings (SSSR count). The number of halogens is 1. The van der Waals surface area contributed by atoms with Gasteiger partial charge in [-0.2, -0.15) is 0 Å². The minimum atomic E-state index is -0.245. The lowest BCUT2D eigenvalue weighted by Crippen LogP contribution is -2.39. The van der Waals surface area contributed by atoms with E-state index in [1.165, 1.54) is 6.08 Å². The minimum Gasteiger partial charge on any atom is -0.285 e. The van der Waals surface area contributed by atoms with E-state index in [0.717, 1.165) is 42.1 Å². The molecule has 2 aliphatic heterocycles. The number of benzene rings is 2. The number of allylic oxidation sites excluding steroid dienone is 3. The first-order valence-electron chi connectivity index (χ1n) is 10.4. The van der Waals surface area contributed by atoms with Gasteiger partial charge >= 0.3 is 0 Å². The van der Waals surface area contributed by atoms with Gasteiger partial charge in [-0.25, -0.2) is 9.40 Å². The van der Waals surface area contributed by atoms with Gasteiger partial charge in [-0.1, -0.05) is 35.8 Å². The Morgan fingerprint density at radius 1 is 1.19 bits per heavy atom. The fourth-order valence-electron chi connectivity index (χ4n) is 4.16. The quantitative estimate of drug-likeness (QED) is 0.754. The number of nitrogens with zero attached hydrogens (tertiary/aromatic N) is 2. The highest BCUT2D eigenvalue weighted by Gasteiger charge is 2.31. The first-order valence-corrected chi connectivity index (χ1v) is 11.3. The topological polar surface area (TPSA) is 44.7 Å². The largest absolute Gasteiger partial charge is 0.285 e. The SMILES string of the molecule is [B]c1cccc(C2=Nc3cc(C(=O)NN4CCCC4)ccc3SC3C=C(F)C=CC23)c1. The van der Waals surface area contributed by atoms with Crippen molar-refractivity contribution in [1.29, 1.82) is 0 Å². The lowest BCUT2D eigenvalue weighted by molar-refractivity contribution is 0.0826. The number of rotatable bonds is 3. The zero-order chi connectivity index (χ0) is 21.4. The second-order valence-electron chi connectivity index (χ2n) is 7.96. The van der Waals surface area contributed by atoms with Crippen LogP contribution >= 0.6 is 11.8 Å². The molecule has 0 spiro atoms. The summed E-state index contributed by atoms with van der Waals surface area (Å²) in [6.07, 6.45) is 7.18. The van der Waals surface area contributed by atoms with E-state index in [-0.39, 0.29) is 22.9 Å². The fourth-order valence-corrected chi connectivity index (χ4v) is 5.39. The zero-order valence-corrected chi connectivity index (χ0v) is 17.7. The molecule has 2 aromatic carbocycles. The molecule has 1 aliphatic carbocycles. The highest BCUT2D eigenvalue weighted by atomic mass is 32.2. The molecular formula is C24H21BFN3OS. The van der Waals surface area contributed by atoms with Crippen LogP contribution in [0, 0.1) is 5.92 Å². The van der Waals surface area contributed by atoms with E-state index < -0.39 is 0 Å². The monoisotopic (exact) mass is 429 g/mol. The molecule has 2 heterocycles. The maximum atomic E-state index is 14.1. The second kappa shape index (κ2) is 8.48. The summed E-state index contributed by atoms with van der Waals surface area (Å²) < 4.78 is 14.1. The van der Waals surface area contributed by atoms with Crippen LogP contribution in [-0.4, -0.2) is 42.8 Å². The van der Waals surface area contributed by atoms with Crippen LogP contribution < -0.4 is 10.9 Å². The Kier molecular flexibility index (Phi) is 5.55. The van der Waals surface area contributed by atoms with Crippen LogP contribution in [0.15, 0.2) is 76.4 Å². The molecule has 2 atom stereocenters. The third-order valence-electron chi connectivity index (χ3n) is 5.73. The Morgan fingerprint density at radius 3 is 2.84 bits per heavy atom. The van der Waals surface area contributed by atoms with Gasteiger partial charge in [-0.05, 0) is 48.8 Å². The molecule has 1 amide bonds. The molecular weight excluding hydrogens is 408 g/mol. The molecule has 7 heteroatoms. The Labute approximate surface area is 186 Å². The summed E-state index contributed by atoms with van der Waals surface area (Å²) in [6.45, 7) is 1.75. The maximum absolute atomic E-state index is 14.1. The second-order valence-corrected chi connectivity index (χ2v) is 9.18. The maximum Gasteiger partial charge on any atom is 0.265 e. The predicted octanol–water partition coefficient (Wildman–Crippen LogP) is 3.86. The molecule has 0 saturated carbocycles. The number of fused-ring (bicyclic) bond motifs is 2. The molecule has 4 nitrogen and oxygen atoms in total. The number of thioether (sulfide) groups is 1. The van der Waals surface area contributed by atoms with E-state index in [4.69, 9.17) is 12.8 Å². The summed E-state index contributed by atoms with van der Waals surface area (Å²) in [5.74, 6) is -0.478. The molecule has 154 valence electrons. The summed E-state index contributed by atoms with van der Waals surface area (Å²) in [4.78, 5) is 18.7. The van der Waals surface area contributed by atoms with Crippen LogP contribution in [-0.2, 0) is 0 Å². The highest BCUT2D eigenvalue weighted by Crippen LogP contribution is 2.43. The molecule has 2 radical (unpaired) electrons. The van der Waals surface area contributed by atoms with Gasteiger partial charge in [0.15, 0.2) is 0 Å². The van der Waals surface area contributed by atoms with Gasteiger partial charge in [0.2, 0.25) is 0 Å². The van der Waals surface area contributed by atoms with Crippen molar-refractivity contribution < 1.29 is 9.18 Å². The van der Waals surface area contributed by atoms with Crippen LogP contribution in [0.2, 0.25) is 0 Å². The van der Waals surface area contributed by atoms with Gasteiger partial charge < -0.3 is 0 Å². The van der Waals surface area contributed by atoms with E-state index >= 15 is 0 Å². The third-order valence-corrected chi connectivity index (χ3v) is 7.03. The minimum absolute atomic E-state index is 0.0967. The van der Waals surface area contributed by atoms with Gasteiger partial charge in [0.05, 0.1) is 11.4 Å². The van der Waals surface area contributed by atoms with Crippen molar-refractivity contribution in [3.8, 4) is 0 Å². The number of carbonyl (C=O) groups excluding carboxylic acids is 1. The van der Waals surface area contributed by atoms with Crippen molar-refractivity contribution in [3.05, 3.63) is 77.6 Å². The van der Waals surface area contributed by atoms with E-state index in [9.17, 15) is 9.18 Å². The lowest BCUT2D eigenvalue weighted by Gasteiger charge is -2.24. The third kappa shape index (κ3) is 4.25. The molecule has 2 aromatic rings. The van der Waals surface area contributed by atoms with Crippen molar-refractivity contribution >= 4 is 42.4 Å². The van der Waals surface area contributed by atoms with Crippen LogP contribution in [0.25, 0.3) is 0 Å². The molecule has 1 N–H and O–H groups in total. The molecule has 2 unspecified atom stereocenters. The van der Waals surface area contributed by atoms with E-state index in [1.807, 2.05) is 53.5 Å². The molecule has 0 aromatic heterocycles. The van der Waals surface area contributed by atoms with Crippen LogP contribution in [0.4, 0.5) is 10.1 Å². The standard InChI is InChI=1S/C24H21BFN3OS/c25-17-5-3-4-15(12-17)23-19-8-7-18(26)14-22(19)31-21-9-6-16(13-20(21)27-23)24(30)28-29-10-1-2-11-29/h3-9,12-14,19,22H,1-2,10-11H2,(H,28,30). The normalized spacial score (nSPS) is 22.7. The average Bonchev–Trinajstić information content (AvgIpc) is 3.20. The highest BCUT2D eigenvalue weighted by molar-refractivity contribution is 8.00. The summed E-state index contributed by atoms with van der Waals surface area (Å²) in [5, 5.41) is 1.83. The first-order chi connectivity index (χ1) is 15.1. The Hall–Kier alpha value is -2.64. The van der Waals surface area contributed by atoms with Gasteiger partial charge in [-0.3, -0.25) is 15.2 Å². The van der Waals surface area contributed by atoms with Crippen LogP contribution in [0.5, 0.6) is 0 Å². The zero-order valence-electron chi connectivity index (χ0n) is 16.9. The fraction of sp³-hybridized carbons (Fsp3) is 0.250. The van der Waals surface area contributed by atoms with Gasteiger partial charge in [0.1, 0.15) is 13.7 Å². The summed E-state index contributed by atoms with van der Waals surface area (Å²) in [6, 6.07) is 13.1. The molecule has 1 fully saturated rings. The van der Waals surface area contributed by atoms with Gasteiger partial charge in [0.25, 0.3) is 5.91 Å². The van der Waals surface area contributed by atoms with Crippen molar-refractivity contribution in [2.45, 2.75) is 23.0 Å². The van der Waals surface area contributed by atoms with Gasteiger partial charge in [-0.15, -0.1) is 11.8 Å². The number of carbonyl (C=O) groups is 1. The predicted molar refractivity (Wildman–Crippen MR) is 124 cm³/mol. The van der Waals surface area contributed by atoms with Crippen molar-refractivity contribution in [2.75, 3.05) is 13.1 Å². The Balaban J connectivity index is 1.55. The number of aliphatic imine (C=N–C) groups is 1. The number of nitrogens with one attached hydrogen (secondary N) is 1. The van der Waals surface area contributed by atoms with E-state index in [2.05, 4.69) is 5.43 Å². The molecule has 0 bridgehead atoms. The molecule has 31 heavy (non-hydrogen) atoms. The number of hydrogen-bond donors (Lipinski definition) is 1.